The zero-order valence-electron chi connectivity index (χ0n) is 18.9. The van der Waals surface area contributed by atoms with Crippen LogP contribution in [0.3, 0.4) is 0 Å². The summed E-state index contributed by atoms with van der Waals surface area (Å²) in [5.74, 6) is -8.46. The fourth-order valence-electron chi connectivity index (χ4n) is 3.26. The highest BCUT2D eigenvalue weighted by Gasteiger charge is 2.34. The van der Waals surface area contributed by atoms with E-state index in [1.165, 1.54) is 31.4 Å². The van der Waals surface area contributed by atoms with E-state index in [9.17, 15) is 35.9 Å². The molecule has 0 amide bonds. The van der Waals surface area contributed by atoms with Crippen molar-refractivity contribution in [2.75, 3.05) is 19.1 Å². The number of methoxy groups -OCH3 is 2. The monoisotopic (exact) mass is 513 g/mol. The highest BCUT2D eigenvalue weighted by atomic mass is 19.4. The van der Waals surface area contributed by atoms with Gasteiger partial charge >= 0.3 is 18.1 Å². The van der Waals surface area contributed by atoms with Gasteiger partial charge < -0.3 is 19.1 Å². The summed E-state index contributed by atoms with van der Waals surface area (Å²) < 4.78 is 96.3. The third-order valence-corrected chi connectivity index (χ3v) is 4.94. The van der Waals surface area contributed by atoms with E-state index in [1.54, 1.807) is 0 Å². The molecule has 1 aliphatic heterocycles. The van der Waals surface area contributed by atoms with Crippen molar-refractivity contribution in [2.45, 2.75) is 13.1 Å². The van der Waals surface area contributed by atoms with Gasteiger partial charge in [0.15, 0.2) is 29.0 Å². The van der Waals surface area contributed by atoms with Gasteiger partial charge in [0.25, 0.3) is 0 Å². The van der Waals surface area contributed by atoms with Crippen LogP contribution in [0.1, 0.15) is 11.1 Å². The van der Waals surface area contributed by atoms with Crippen LogP contribution >= 0.6 is 0 Å². The van der Waals surface area contributed by atoms with E-state index in [0.29, 0.717) is 0 Å². The molecular formula is C24H17F6NO5. The van der Waals surface area contributed by atoms with Crippen LogP contribution in [0.15, 0.2) is 60.0 Å². The minimum absolute atomic E-state index is 0.00929. The molecule has 0 radical (unpaired) electrons. The molecular weight excluding hydrogens is 496 g/mol. The van der Waals surface area contributed by atoms with Gasteiger partial charge in [0.1, 0.15) is 5.70 Å². The maximum absolute atomic E-state index is 14.7. The molecule has 0 spiro atoms. The van der Waals surface area contributed by atoms with Crippen molar-refractivity contribution in [2.24, 2.45) is 0 Å². The zero-order valence-corrected chi connectivity index (χ0v) is 18.9. The Hall–Kier alpha value is -4.22. The van der Waals surface area contributed by atoms with E-state index in [1.807, 2.05) is 0 Å². The zero-order chi connectivity index (χ0) is 26.8. The standard InChI is InChI=1S/C24H17F6NO5/c1-12-8-15(25)19(36-21-16(26)9-13(10-17(21)27)24(28,29)30)11-18(12)31-7-5-4-6-14(22(32)34-2)20(31)23(33)35-3/h4-11H,1-3H3. The number of nitrogens with zero attached hydrogens (tertiary/aromatic N) is 1. The van der Waals surface area contributed by atoms with E-state index < -0.39 is 52.6 Å². The Morgan fingerprint density at radius 2 is 1.47 bits per heavy atom. The van der Waals surface area contributed by atoms with Gasteiger partial charge in [-0.05, 0) is 42.8 Å². The van der Waals surface area contributed by atoms with Gasteiger partial charge in [-0.2, -0.15) is 13.2 Å². The van der Waals surface area contributed by atoms with Crippen molar-refractivity contribution in [3.8, 4) is 11.5 Å². The fourth-order valence-corrected chi connectivity index (χ4v) is 3.26. The summed E-state index contributed by atoms with van der Waals surface area (Å²) >= 11 is 0. The molecule has 2 aromatic carbocycles. The summed E-state index contributed by atoms with van der Waals surface area (Å²) in [6.07, 6.45) is 0.416. The lowest BCUT2D eigenvalue weighted by atomic mass is 10.1. The van der Waals surface area contributed by atoms with Gasteiger partial charge in [-0.15, -0.1) is 0 Å². The molecule has 36 heavy (non-hydrogen) atoms. The maximum Gasteiger partial charge on any atom is 0.416 e. The van der Waals surface area contributed by atoms with Crippen LogP contribution in [-0.2, 0) is 25.2 Å². The number of hydrogen-bond donors (Lipinski definition) is 0. The van der Waals surface area contributed by atoms with Crippen molar-refractivity contribution in [1.82, 2.24) is 0 Å². The number of allylic oxidation sites excluding steroid dienone is 2. The molecule has 12 heteroatoms. The van der Waals surface area contributed by atoms with Gasteiger partial charge in [-0.25, -0.2) is 22.8 Å². The normalized spacial score (nSPS) is 13.5. The van der Waals surface area contributed by atoms with Crippen LogP contribution in [0.2, 0.25) is 0 Å². The smallest absolute Gasteiger partial charge is 0.416 e. The van der Waals surface area contributed by atoms with E-state index in [-0.39, 0.29) is 34.7 Å². The number of rotatable bonds is 5. The van der Waals surface area contributed by atoms with Crippen LogP contribution in [0.5, 0.6) is 11.5 Å². The number of benzene rings is 2. The first-order chi connectivity index (χ1) is 16.9. The molecule has 2 aromatic rings. The Morgan fingerprint density at radius 1 is 0.861 bits per heavy atom. The number of hydrogen-bond acceptors (Lipinski definition) is 6. The van der Waals surface area contributed by atoms with Crippen molar-refractivity contribution < 1.29 is 50.1 Å². The molecule has 0 aromatic heterocycles. The highest BCUT2D eigenvalue weighted by molar-refractivity contribution is 6.05. The summed E-state index contributed by atoms with van der Waals surface area (Å²) in [6.45, 7) is 1.43. The SMILES string of the molecule is COC(=O)C1=C(C(=O)OC)N(c2cc(Oc3c(F)cc(C(F)(F)F)cc3F)c(F)cc2C)C=CC=C1. The molecule has 0 aliphatic carbocycles. The van der Waals surface area contributed by atoms with Gasteiger partial charge in [0.05, 0.1) is 31.0 Å². The molecule has 0 atom stereocenters. The van der Waals surface area contributed by atoms with Crippen LogP contribution in [-0.4, -0.2) is 26.2 Å². The molecule has 190 valence electrons. The lowest BCUT2D eigenvalue weighted by Crippen LogP contribution is -2.27. The highest BCUT2D eigenvalue weighted by Crippen LogP contribution is 2.39. The van der Waals surface area contributed by atoms with Gasteiger partial charge in [-0.3, -0.25) is 0 Å². The van der Waals surface area contributed by atoms with Crippen LogP contribution in [0.4, 0.5) is 32.0 Å². The number of aryl methyl sites for hydroxylation is 1. The predicted molar refractivity (Wildman–Crippen MR) is 114 cm³/mol. The Morgan fingerprint density at radius 3 is 2.03 bits per heavy atom. The van der Waals surface area contributed by atoms with E-state index in [2.05, 4.69) is 0 Å². The molecule has 0 unspecified atom stereocenters. The molecule has 0 fully saturated rings. The second-order valence-corrected chi connectivity index (χ2v) is 7.25. The number of halogens is 6. The molecule has 1 aliphatic rings. The number of esters is 2. The summed E-state index contributed by atoms with van der Waals surface area (Å²) in [5, 5.41) is 0. The number of anilines is 1. The van der Waals surface area contributed by atoms with Crippen LogP contribution in [0, 0.1) is 24.4 Å². The first-order valence-electron chi connectivity index (χ1n) is 9.98. The quantitative estimate of drug-likeness (QED) is 0.377. The van der Waals surface area contributed by atoms with Crippen molar-refractivity contribution in [3.63, 3.8) is 0 Å². The lowest BCUT2D eigenvalue weighted by molar-refractivity contribution is -0.139. The predicted octanol–water partition coefficient (Wildman–Crippen LogP) is 5.71. The summed E-state index contributed by atoms with van der Waals surface area (Å²) in [6, 6.07) is 1.88. The van der Waals surface area contributed by atoms with Crippen LogP contribution in [0.25, 0.3) is 0 Å². The summed E-state index contributed by atoms with van der Waals surface area (Å²) in [4.78, 5) is 26.0. The van der Waals surface area contributed by atoms with Crippen molar-refractivity contribution >= 4 is 17.6 Å². The second-order valence-electron chi connectivity index (χ2n) is 7.25. The molecule has 0 bridgehead atoms. The summed E-state index contributed by atoms with van der Waals surface area (Å²) in [7, 11) is 2.14. The first kappa shape index (κ1) is 26.4. The number of ether oxygens (including phenoxy) is 3. The molecule has 0 N–H and O–H groups in total. The minimum atomic E-state index is -5.02. The fraction of sp³-hybridized carbons (Fsp3) is 0.167. The Kier molecular flexibility index (Phi) is 7.46. The topological polar surface area (TPSA) is 65.1 Å². The number of carbonyl (C=O) groups is 2. The van der Waals surface area contributed by atoms with E-state index >= 15 is 0 Å². The van der Waals surface area contributed by atoms with Gasteiger partial charge in [0, 0.05) is 12.3 Å². The maximum atomic E-state index is 14.7. The van der Waals surface area contributed by atoms with Crippen molar-refractivity contribution in [3.05, 3.63) is 88.5 Å². The van der Waals surface area contributed by atoms with E-state index in [0.717, 1.165) is 31.3 Å². The van der Waals surface area contributed by atoms with E-state index in [4.69, 9.17) is 14.2 Å². The molecule has 0 saturated heterocycles. The molecule has 1 heterocycles. The summed E-state index contributed by atoms with van der Waals surface area (Å²) in [5.41, 5.74) is -1.95. The largest absolute Gasteiger partial charge is 0.465 e. The minimum Gasteiger partial charge on any atom is -0.465 e. The average molecular weight is 513 g/mol. The van der Waals surface area contributed by atoms with Crippen molar-refractivity contribution in [1.29, 1.82) is 0 Å². The number of carbonyl (C=O) groups excluding carboxylic acids is 2. The lowest BCUT2D eigenvalue weighted by Gasteiger charge is -2.25. The third-order valence-electron chi connectivity index (χ3n) is 4.94. The van der Waals surface area contributed by atoms with Crippen LogP contribution < -0.4 is 9.64 Å². The Bertz CT molecular complexity index is 1290. The van der Waals surface area contributed by atoms with Gasteiger partial charge in [-0.1, -0.05) is 6.08 Å². The first-order valence-corrected chi connectivity index (χ1v) is 9.98. The Balaban J connectivity index is 2.15. The molecule has 6 nitrogen and oxygen atoms in total. The number of alkyl halides is 3. The average Bonchev–Trinajstić information content (AvgIpc) is 3.03. The third kappa shape index (κ3) is 5.21. The molecule has 3 rings (SSSR count). The Labute approximate surface area is 200 Å². The second kappa shape index (κ2) is 10.2. The molecule has 0 saturated carbocycles. The van der Waals surface area contributed by atoms with Gasteiger partial charge in [0.2, 0.25) is 0 Å².